The van der Waals surface area contributed by atoms with Gasteiger partial charge in [-0.25, -0.2) is 4.98 Å². The first kappa shape index (κ1) is 8.61. The minimum atomic E-state index is 1.08. The van der Waals surface area contributed by atoms with E-state index in [0.717, 1.165) is 10.3 Å². The standard InChI is InChI=1S/C11H6INS/c12-9-6-14-11-8(9)5-7-3-1-2-4-10(7)13-11/h1-6H. The summed E-state index contributed by atoms with van der Waals surface area (Å²) in [5.41, 5.74) is 1.08. The topological polar surface area (TPSA) is 12.9 Å². The Morgan fingerprint density at radius 3 is 3.00 bits per heavy atom. The third-order valence-corrected chi connectivity index (χ3v) is 4.42. The minimum absolute atomic E-state index is 1.08. The lowest BCUT2D eigenvalue weighted by atomic mass is 10.2. The van der Waals surface area contributed by atoms with E-state index >= 15 is 0 Å². The zero-order valence-electron chi connectivity index (χ0n) is 7.20. The minimum Gasteiger partial charge on any atom is -0.237 e. The molecule has 3 heteroatoms. The van der Waals surface area contributed by atoms with Gasteiger partial charge < -0.3 is 0 Å². The predicted octanol–water partition coefficient (Wildman–Crippen LogP) is 4.05. The fraction of sp³-hybridized carbons (Fsp3) is 0. The second-order valence-electron chi connectivity index (χ2n) is 3.12. The van der Waals surface area contributed by atoms with Gasteiger partial charge in [0, 0.05) is 19.7 Å². The van der Waals surface area contributed by atoms with E-state index in [1.54, 1.807) is 11.3 Å². The van der Waals surface area contributed by atoms with E-state index in [0.29, 0.717) is 0 Å². The fourth-order valence-electron chi connectivity index (χ4n) is 1.53. The fourth-order valence-corrected chi connectivity index (χ4v) is 3.29. The van der Waals surface area contributed by atoms with Crippen molar-refractivity contribution in [2.24, 2.45) is 0 Å². The Balaban J connectivity index is 2.54. The van der Waals surface area contributed by atoms with Crippen LogP contribution in [0.2, 0.25) is 0 Å². The Hall–Kier alpha value is -0.680. The van der Waals surface area contributed by atoms with Crippen LogP contribution >= 0.6 is 33.9 Å². The van der Waals surface area contributed by atoms with Crippen LogP contribution < -0.4 is 0 Å². The highest BCUT2D eigenvalue weighted by Crippen LogP contribution is 2.28. The molecule has 1 aromatic carbocycles. The highest BCUT2D eigenvalue weighted by molar-refractivity contribution is 14.1. The van der Waals surface area contributed by atoms with E-state index < -0.39 is 0 Å². The molecule has 0 saturated heterocycles. The monoisotopic (exact) mass is 311 g/mol. The molecule has 68 valence electrons. The molecule has 2 heterocycles. The third-order valence-electron chi connectivity index (χ3n) is 2.22. The number of rotatable bonds is 0. The molecule has 0 N–H and O–H groups in total. The molecular weight excluding hydrogens is 305 g/mol. The SMILES string of the molecule is Ic1csc2nc3ccccc3cc12. The summed E-state index contributed by atoms with van der Waals surface area (Å²) in [7, 11) is 0. The third kappa shape index (κ3) is 1.23. The average Bonchev–Trinajstić information content (AvgIpc) is 2.57. The highest BCUT2D eigenvalue weighted by Gasteiger charge is 2.03. The van der Waals surface area contributed by atoms with Crippen LogP contribution in [0.3, 0.4) is 0 Å². The molecule has 0 spiro atoms. The molecule has 0 bridgehead atoms. The van der Waals surface area contributed by atoms with Crippen LogP contribution in [-0.2, 0) is 0 Å². The number of hydrogen-bond donors (Lipinski definition) is 0. The normalized spacial score (nSPS) is 11.2. The summed E-state index contributed by atoms with van der Waals surface area (Å²) in [5.74, 6) is 0. The van der Waals surface area contributed by atoms with Crippen LogP contribution in [0.25, 0.3) is 21.1 Å². The van der Waals surface area contributed by atoms with Gasteiger partial charge in [-0.15, -0.1) is 11.3 Å². The van der Waals surface area contributed by atoms with E-state index in [9.17, 15) is 0 Å². The molecule has 0 unspecified atom stereocenters. The van der Waals surface area contributed by atoms with Crippen molar-refractivity contribution >= 4 is 55.0 Å². The number of benzene rings is 1. The first-order chi connectivity index (χ1) is 6.84. The second kappa shape index (κ2) is 3.17. The maximum absolute atomic E-state index is 4.61. The Labute approximate surface area is 98.9 Å². The summed E-state index contributed by atoms with van der Waals surface area (Å²) >= 11 is 4.07. The maximum atomic E-state index is 4.61. The molecular formula is C11H6INS. The van der Waals surface area contributed by atoms with Crippen molar-refractivity contribution in [2.45, 2.75) is 0 Å². The van der Waals surface area contributed by atoms with Crippen LogP contribution in [0.4, 0.5) is 0 Å². The Kier molecular flexibility index (Phi) is 1.95. The van der Waals surface area contributed by atoms with E-state index in [1.165, 1.54) is 14.3 Å². The summed E-state index contributed by atoms with van der Waals surface area (Å²) in [6.45, 7) is 0. The number of halogens is 1. The lowest BCUT2D eigenvalue weighted by molar-refractivity contribution is 1.54. The van der Waals surface area contributed by atoms with Gasteiger partial charge >= 0.3 is 0 Å². The second-order valence-corrected chi connectivity index (χ2v) is 5.14. The van der Waals surface area contributed by atoms with Crippen molar-refractivity contribution in [2.75, 3.05) is 0 Å². The molecule has 3 aromatic rings. The predicted molar refractivity (Wildman–Crippen MR) is 69.8 cm³/mol. The number of pyridine rings is 1. The first-order valence-electron chi connectivity index (χ1n) is 4.27. The van der Waals surface area contributed by atoms with Crippen LogP contribution in [0, 0.1) is 3.57 Å². The summed E-state index contributed by atoms with van der Waals surface area (Å²) in [4.78, 5) is 5.74. The molecule has 1 nitrogen and oxygen atoms in total. The number of fused-ring (bicyclic) bond motifs is 2. The molecule has 3 rings (SSSR count). The van der Waals surface area contributed by atoms with Gasteiger partial charge in [0.25, 0.3) is 0 Å². The average molecular weight is 311 g/mol. The Morgan fingerprint density at radius 1 is 1.21 bits per heavy atom. The van der Waals surface area contributed by atoms with Crippen molar-refractivity contribution < 1.29 is 0 Å². The molecule has 0 atom stereocenters. The molecule has 0 aliphatic heterocycles. The van der Waals surface area contributed by atoms with E-state index in [2.05, 4.69) is 57.2 Å². The maximum Gasteiger partial charge on any atom is 0.125 e. The van der Waals surface area contributed by atoms with Gasteiger partial charge in [0.15, 0.2) is 0 Å². The van der Waals surface area contributed by atoms with E-state index in [-0.39, 0.29) is 0 Å². The van der Waals surface area contributed by atoms with Gasteiger partial charge in [-0.05, 0) is 34.7 Å². The highest BCUT2D eigenvalue weighted by atomic mass is 127. The zero-order valence-corrected chi connectivity index (χ0v) is 10.2. The lowest BCUT2D eigenvalue weighted by Gasteiger charge is -1.96. The van der Waals surface area contributed by atoms with Crippen molar-refractivity contribution in [1.82, 2.24) is 4.98 Å². The van der Waals surface area contributed by atoms with Crippen LogP contribution in [-0.4, -0.2) is 4.98 Å². The van der Waals surface area contributed by atoms with Gasteiger partial charge in [0.2, 0.25) is 0 Å². The van der Waals surface area contributed by atoms with Gasteiger partial charge in [0.1, 0.15) is 4.83 Å². The number of nitrogens with zero attached hydrogens (tertiary/aromatic N) is 1. The summed E-state index contributed by atoms with van der Waals surface area (Å²) in [6.07, 6.45) is 0. The molecule has 0 radical (unpaired) electrons. The molecule has 14 heavy (non-hydrogen) atoms. The first-order valence-corrected chi connectivity index (χ1v) is 6.23. The van der Waals surface area contributed by atoms with Gasteiger partial charge in [-0.3, -0.25) is 0 Å². The smallest absolute Gasteiger partial charge is 0.125 e. The molecule has 0 aliphatic carbocycles. The molecule has 2 aromatic heterocycles. The summed E-state index contributed by atoms with van der Waals surface area (Å²) in [6, 6.07) is 10.5. The number of hydrogen-bond acceptors (Lipinski definition) is 2. The lowest BCUT2D eigenvalue weighted by Crippen LogP contribution is -1.78. The van der Waals surface area contributed by atoms with Gasteiger partial charge in [-0.1, -0.05) is 18.2 Å². The summed E-state index contributed by atoms with van der Waals surface area (Å²) < 4.78 is 1.29. The largest absolute Gasteiger partial charge is 0.237 e. The van der Waals surface area contributed by atoms with E-state index in [4.69, 9.17) is 0 Å². The van der Waals surface area contributed by atoms with Crippen LogP contribution in [0.15, 0.2) is 35.7 Å². The van der Waals surface area contributed by atoms with Gasteiger partial charge in [0.05, 0.1) is 5.52 Å². The Morgan fingerprint density at radius 2 is 2.07 bits per heavy atom. The zero-order chi connectivity index (χ0) is 9.54. The molecule has 0 amide bonds. The van der Waals surface area contributed by atoms with Crippen molar-refractivity contribution in [3.8, 4) is 0 Å². The van der Waals surface area contributed by atoms with Crippen LogP contribution in [0.5, 0.6) is 0 Å². The van der Waals surface area contributed by atoms with Crippen LogP contribution in [0.1, 0.15) is 0 Å². The van der Waals surface area contributed by atoms with Crippen molar-refractivity contribution in [3.05, 3.63) is 39.3 Å². The van der Waals surface area contributed by atoms with Crippen molar-refractivity contribution in [3.63, 3.8) is 0 Å². The molecule has 0 fully saturated rings. The quantitative estimate of drug-likeness (QED) is 0.571. The molecule has 0 saturated carbocycles. The van der Waals surface area contributed by atoms with Crippen molar-refractivity contribution in [1.29, 1.82) is 0 Å². The number of para-hydroxylation sites is 1. The number of aromatic nitrogens is 1. The number of thiophene rings is 1. The van der Waals surface area contributed by atoms with Gasteiger partial charge in [-0.2, -0.15) is 0 Å². The Bertz CT molecular complexity index is 615. The molecule has 0 aliphatic rings. The summed E-state index contributed by atoms with van der Waals surface area (Å²) in [5, 5.41) is 4.64. The van der Waals surface area contributed by atoms with E-state index in [1.807, 2.05) is 6.07 Å².